The fraction of sp³-hybridized carbons (Fsp3) is 0.600. The van der Waals surface area contributed by atoms with Gasteiger partial charge >= 0.3 is 11.9 Å². The van der Waals surface area contributed by atoms with Crippen molar-refractivity contribution in [2.24, 2.45) is 11.8 Å². The maximum absolute atomic E-state index is 12.1. The Morgan fingerprint density at radius 2 is 1.00 bits per heavy atom. The van der Waals surface area contributed by atoms with Crippen molar-refractivity contribution in [3.05, 3.63) is 0 Å². The molecule has 0 unspecified atom stereocenters. The van der Waals surface area contributed by atoms with Crippen LogP contribution in [0, 0.1) is 11.8 Å². The Morgan fingerprint density at radius 1 is 0.680 bits per heavy atom. The average molecular weight is 352 g/mol. The molecule has 0 spiro atoms. The Balaban J connectivity index is 1.52. The lowest BCUT2D eigenvalue weighted by Crippen LogP contribution is -2.35. The zero-order valence-electron chi connectivity index (χ0n) is 13.3. The normalized spacial score (nSPS) is 26.6. The first kappa shape index (κ1) is 17.1. The van der Waals surface area contributed by atoms with E-state index in [4.69, 9.17) is 9.68 Å². The van der Waals surface area contributed by atoms with E-state index in [1.165, 1.54) is 0 Å². The van der Waals surface area contributed by atoms with Crippen LogP contribution in [0.1, 0.15) is 44.9 Å². The van der Waals surface area contributed by atoms with Gasteiger partial charge in [0.2, 0.25) is 0 Å². The molecule has 3 fully saturated rings. The number of hydrogen-bond donors (Lipinski definition) is 0. The molecule has 1 aliphatic carbocycles. The topological polar surface area (TPSA) is 127 Å². The Morgan fingerprint density at radius 3 is 1.32 bits per heavy atom. The van der Waals surface area contributed by atoms with Crippen molar-refractivity contribution in [3.8, 4) is 0 Å². The minimum Gasteiger partial charge on any atom is -0.330 e. The summed E-state index contributed by atoms with van der Waals surface area (Å²) < 4.78 is 0. The number of nitrogens with zero attached hydrogens (tertiary/aromatic N) is 2. The molecule has 10 heteroatoms. The Kier molecular flexibility index (Phi) is 4.51. The van der Waals surface area contributed by atoms with E-state index in [1.807, 2.05) is 0 Å². The molecule has 3 aliphatic rings. The highest BCUT2D eigenvalue weighted by Crippen LogP contribution is 2.33. The first-order valence-electron chi connectivity index (χ1n) is 8.02. The molecule has 1 saturated carbocycles. The average Bonchev–Trinajstić information content (AvgIpc) is 3.26. The maximum Gasteiger partial charge on any atom is 0.336 e. The molecule has 134 valence electrons. The van der Waals surface area contributed by atoms with Crippen LogP contribution >= 0.6 is 0 Å². The predicted octanol–water partition coefficient (Wildman–Crippen LogP) is -0.383. The van der Waals surface area contributed by atoms with Gasteiger partial charge in [0.05, 0.1) is 11.8 Å². The van der Waals surface area contributed by atoms with Crippen LogP contribution in [0.15, 0.2) is 0 Å². The van der Waals surface area contributed by atoms with Crippen molar-refractivity contribution >= 4 is 35.6 Å². The number of carbonyl (C=O) groups is 6. The van der Waals surface area contributed by atoms with Gasteiger partial charge in [-0.1, -0.05) is 0 Å². The van der Waals surface area contributed by atoms with Gasteiger partial charge in [-0.05, 0) is 19.3 Å². The van der Waals surface area contributed by atoms with Crippen LogP contribution in [0.5, 0.6) is 0 Å². The molecule has 4 amide bonds. The molecular formula is C15H16N2O8. The summed E-state index contributed by atoms with van der Waals surface area (Å²) in [6.07, 6.45) is 0.748. The van der Waals surface area contributed by atoms with Gasteiger partial charge in [0.25, 0.3) is 23.6 Å². The molecule has 0 radical (unpaired) electrons. The summed E-state index contributed by atoms with van der Waals surface area (Å²) in [5.74, 6) is -5.12. The quantitative estimate of drug-likeness (QED) is 0.626. The number of hydroxylamine groups is 4. The highest BCUT2D eigenvalue weighted by Gasteiger charge is 2.41. The second-order valence-corrected chi connectivity index (χ2v) is 6.19. The Labute approximate surface area is 141 Å². The van der Waals surface area contributed by atoms with E-state index in [2.05, 4.69) is 0 Å². The largest absolute Gasteiger partial charge is 0.336 e. The van der Waals surface area contributed by atoms with Crippen LogP contribution in [0.4, 0.5) is 0 Å². The maximum atomic E-state index is 12.1. The van der Waals surface area contributed by atoms with Crippen LogP contribution in [0.2, 0.25) is 0 Å². The second kappa shape index (κ2) is 6.61. The summed E-state index contributed by atoms with van der Waals surface area (Å²) in [5.41, 5.74) is 0. The standard InChI is InChI=1S/C15H16N2O8/c18-10-3-4-11(19)16(10)24-14(22)8-1-2-9(7-8)15(23)25-17-12(20)5-6-13(17)21/h8-9H,1-7H2/t8-,9+. The minimum absolute atomic E-state index is 0.00359. The van der Waals surface area contributed by atoms with Crippen LogP contribution in [-0.4, -0.2) is 45.7 Å². The van der Waals surface area contributed by atoms with Crippen molar-refractivity contribution in [3.63, 3.8) is 0 Å². The lowest BCUT2D eigenvalue weighted by atomic mass is 10.1. The molecule has 0 aromatic heterocycles. The summed E-state index contributed by atoms with van der Waals surface area (Å²) in [6.45, 7) is 0. The summed E-state index contributed by atoms with van der Waals surface area (Å²) in [7, 11) is 0. The monoisotopic (exact) mass is 352 g/mol. The summed E-state index contributed by atoms with van der Waals surface area (Å²) in [4.78, 5) is 79.6. The summed E-state index contributed by atoms with van der Waals surface area (Å²) in [5, 5.41) is 0.936. The number of imide groups is 2. The fourth-order valence-corrected chi connectivity index (χ4v) is 3.05. The molecule has 10 nitrogen and oxygen atoms in total. The van der Waals surface area contributed by atoms with Gasteiger partial charge in [-0.3, -0.25) is 19.2 Å². The lowest BCUT2D eigenvalue weighted by molar-refractivity contribution is -0.202. The summed E-state index contributed by atoms with van der Waals surface area (Å²) in [6, 6.07) is 0. The lowest BCUT2D eigenvalue weighted by Gasteiger charge is -2.17. The summed E-state index contributed by atoms with van der Waals surface area (Å²) >= 11 is 0. The third-order valence-corrected chi connectivity index (χ3v) is 4.47. The van der Waals surface area contributed by atoms with Crippen LogP contribution < -0.4 is 0 Å². The smallest absolute Gasteiger partial charge is 0.330 e. The number of carbonyl (C=O) groups excluding carboxylic acids is 6. The number of rotatable bonds is 4. The minimum atomic E-state index is -0.757. The highest BCUT2D eigenvalue weighted by molar-refractivity contribution is 6.02. The molecule has 2 aliphatic heterocycles. The highest BCUT2D eigenvalue weighted by atomic mass is 16.7. The van der Waals surface area contributed by atoms with Crippen molar-refractivity contribution in [2.75, 3.05) is 0 Å². The van der Waals surface area contributed by atoms with Gasteiger partial charge < -0.3 is 9.68 Å². The molecule has 3 rings (SSSR count). The van der Waals surface area contributed by atoms with Crippen molar-refractivity contribution < 1.29 is 38.4 Å². The van der Waals surface area contributed by atoms with Gasteiger partial charge in [-0.2, -0.15) is 0 Å². The van der Waals surface area contributed by atoms with E-state index >= 15 is 0 Å². The van der Waals surface area contributed by atoms with Gasteiger partial charge in [-0.15, -0.1) is 10.1 Å². The predicted molar refractivity (Wildman–Crippen MR) is 75.2 cm³/mol. The molecule has 25 heavy (non-hydrogen) atoms. The van der Waals surface area contributed by atoms with E-state index in [-0.39, 0.29) is 32.1 Å². The zero-order valence-corrected chi connectivity index (χ0v) is 13.3. The Bertz CT molecular complexity index is 584. The third kappa shape index (κ3) is 3.37. The van der Waals surface area contributed by atoms with E-state index in [9.17, 15) is 28.8 Å². The number of amides is 4. The van der Waals surface area contributed by atoms with Gasteiger partial charge in [0.1, 0.15) is 0 Å². The van der Waals surface area contributed by atoms with E-state index in [1.54, 1.807) is 0 Å². The first-order chi connectivity index (χ1) is 11.9. The first-order valence-corrected chi connectivity index (χ1v) is 8.02. The van der Waals surface area contributed by atoms with Gasteiger partial charge in [0.15, 0.2) is 0 Å². The second-order valence-electron chi connectivity index (χ2n) is 6.19. The molecular weight excluding hydrogens is 336 g/mol. The van der Waals surface area contributed by atoms with Crippen LogP contribution in [0.3, 0.4) is 0 Å². The Hall–Kier alpha value is -2.78. The SMILES string of the molecule is O=C(ON1C(=O)CCC1=O)[C@@H]1CC[C@H](C(=O)ON2C(=O)CCC2=O)C1. The van der Waals surface area contributed by atoms with Gasteiger partial charge in [-0.25, -0.2) is 9.59 Å². The molecule has 2 heterocycles. The third-order valence-electron chi connectivity index (χ3n) is 4.47. The van der Waals surface area contributed by atoms with Crippen molar-refractivity contribution in [2.45, 2.75) is 44.9 Å². The number of hydrogen-bond acceptors (Lipinski definition) is 8. The molecule has 0 aromatic rings. The van der Waals surface area contributed by atoms with Crippen molar-refractivity contribution in [1.29, 1.82) is 0 Å². The molecule has 2 atom stereocenters. The van der Waals surface area contributed by atoms with Crippen LogP contribution in [-0.2, 0) is 38.4 Å². The molecule has 0 bridgehead atoms. The fourth-order valence-electron chi connectivity index (χ4n) is 3.05. The van der Waals surface area contributed by atoms with E-state index in [0.29, 0.717) is 23.0 Å². The zero-order chi connectivity index (χ0) is 18.1. The molecule has 0 N–H and O–H groups in total. The van der Waals surface area contributed by atoms with Crippen molar-refractivity contribution in [1.82, 2.24) is 10.1 Å². The van der Waals surface area contributed by atoms with E-state index < -0.39 is 47.4 Å². The molecule has 2 saturated heterocycles. The van der Waals surface area contributed by atoms with E-state index in [0.717, 1.165) is 0 Å². The van der Waals surface area contributed by atoms with Gasteiger partial charge in [0, 0.05) is 25.7 Å². The molecule has 0 aromatic carbocycles. The van der Waals surface area contributed by atoms with Crippen LogP contribution in [0.25, 0.3) is 0 Å².